The minimum absolute atomic E-state index is 0.153. The molecule has 1 aromatic carbocycles. The van der Waals surface area contributed by atoms with E-state index in [0.717, 1.165) is 10.7 Å². The molecule has 0 amide bonds. The molecule has 2 aromatic heterocycles. The summed E-state index contributed by atoms with van der Waals surface area (Å²) in [4.78, 5) is 7.82. The molecule has 2 N–H and O–H groups in total. The molecule has 4 rings (SSSR count). The van der Waals surface area contributed by atoms with Crippen LogP contribution in [0.15, 0.2) is 30.7 Å². The number of alkyl halides is 3. The lowest BCUT2D eigenvalue weighted by Gasteiger charge is -2.16. The van der Waals surface area contributed by atoms with Crippen molar-refractivity contribution in [2.24, 2.45) is 0 Å². The van der Waals surface area contributed by atoms with Crippen molar-refractivity contribution in [3.05, 3.63) is 64.2 Å². The van der Waals surface area contributed by atoms with Crippen molar-refractivity contribution in [3.8, 4) is 5.69 Å². The molecule has 6 nitrogen and oxygen atoms in total. The van der Waals surface area contributed by atoms with E-state index in [-0.39, 0.29) is 23.0 Å². The molecule has 0 aliphatic heterocycles. The van der Waals surface area contributed by atoms with Crippen molar-refractivity contribution in [3.63, 3.8) is 0 Å². The molecule has 1 fully saturated rings. The van der Waals surface area contributed by atoms with Gasteiger partial charge in [0.05, 0.1) is 10.7 Å². The first kappa shape index (κ1) is 20.5. The van der Waals surface area contributed by atoms with Gasteiger partial charge in [0.15, 0.2) is 17.7 Å². The average molecular weight is 442 g/mol. The van der Waals surface area contributed by atoms with Crippen molar-refractivity contribution in [1.82, 2.24) is 19.7 Å². The molecule has 30 heavy (non-hydrogen) atoms. The largest absolute Gasteiger partial charge is 0.436 e. The molecule has 1 aliphatic carbocycles. The molecule has 0 bridgehead atoms. The number of anilines is 1. The summed E-state index contributed by atoms with van der Waals surface area (Å²) < 4.78 is 55.5. The number of aliphatic hydroxyl groups excluding tert-OH is 1. The first-order valence-electron chi connectivity index (χ1n) is 9.03. The van der Waals surface area contributed by atoms with Crippen LogP contribution in [0.25, 0.3) is 5.69 Å². The highest BCUT2D eigenvalue weighted by molar-refractivity contribution is 6.32. The number of hydrogen-bond donors (Lipinski definition) is 2. The summed E-state index contributed by atoms with van der Waals surface area (Å²) in [5.41, 5.74) is -0.0695. The summed E-state index contributed by atoms with van der Waals surface area (Å²) in [6.45, 7) is 1.69. The first-order chi connectivity index (χ1) is 14.2. The van der Waals surface area contributed by atoms with E-state index in [1.807, 2.05) is 0 Å². The topological polar surface area (TPSA) is 75.9 Å². The van der Waals surface area contributed by atoms with Crippen LogP contribution in [0.1, 0.15) is 47.6 Å². The van der Waals surface area contributed by atoms with Gasteiger partial charge in [0.2, 0.25) is 0 Å². The average Bonchev–Trinajstić information content (AvgIpc) is 3.44. The van der Waals surface area contributed by atoms with Crippen molar-refractivity contribution in [2.45, 2.75) is 38.1 Å². The first-order valence-corrected chi connectivity index (χ1v) is 9.41. The van der Waals surface area contributed by atoms with Crippen molar-refractivity contribution in [2.75, 3.05) is 5.32 Å². The van der Waals surface area contributed by atoms with Crippen LogP contribution in [0.5, 0.6) is 0 Å². The Labute approximate surface area is 173 Å². The molecule has 0 spiro atoms. The Bertz CT molecular complexity index is 1100. The molecule has 2 heterocycles. The molecular weight excluding hydrogens is 426 g/mol. The number of aliphatic hydroxyl groups is 1. The summed E-state index contributed by atoms with van der Waals surface area (Å²) in [6.07, 6.45) is -1.86. The van der Waals surface area contributed by atoms with E-state index in [4.69, 9.17) is 11.6 Å². The predicted octanol–water partition coefficient (Wildman–Crippen LogP) is 4.76. The zero-order chi connectivity index (χ0) is 21.6. The van der Waals surface area contributed by atoms with Crippen molar-refractivity contribution < 1.29 is 22.7 Å². The molecule has 11 heteroatoms. The third kappa shape index (κ3) is 3.84. The number of rotatable bonds is 5. The second-order valence-corrected chi connectivity index (χ2v) is 7.39. The fourth-order valence-corrected chi connectivity index (χ4v) is 3.54. The highest BCUT2D eigenvalue weighted by atomic mass is 35.5. The molecule has 1 saturated carbocycles. The molecule has 1 atom stereocenters. The van der Waals surface area contributed by atoms with Gasteiger partial charge in [-0.1, -0.05) is 11.6 Å². The third-order valence-electron chi connectivity index (χ3n) is 4.82. The van der Waals surface area contributed by atoms with Crippen LogP contribution in [-0.2, 0) is 6.18 Å². The number of halogens is 5. The normalized spacial score (nSPS) is 15.3. The quantitative estimate of drug-likeness (QED) is 0.441. The van der Waals surface area contributed by atoms with Gasteiger partial charge < -0.3 is 10.4 Å². The summed E-state index contributed by atoms with van der Waals surface area (Å²) in [6, 6.07) is 3.78. The van der Waals surface area contributed by atoms with Gasteiger partial charge in [-0.05, 0) is 38.0 Å². The fourth-order valence-electron chi connectivity index (χ4n) is 3.16. The summed E-state index contributed by atoms with van der Waals surface area (Å²) in [5.74, 6) is -1.01. The number of hydrogen-bond acceptors (Lipinski definition) is 5. The SMILES string of the molecule is Cc1ncncc1C(O)Nc1ccc(-n2nc(C(F)(F)F)c(Cl)c2C2CC2)c(F)c1. The lowest BCUT2D eigenvalue weighted by molar-refractivity contribution is -0.141. The van der Waals surface area contributed by atoms with Crippen LogP contribution in [0, 0.1) is 12.7 Å². The van der Waals surface area contributed by atoms with E-state index in [1.165, 1.54) is 24.7 Å². The van der Waals surface area contributed by atoms with E-state index < -0.39 is 28.9 Å². The van der Waals surface area contributed by atoms with Crippen molar-refractivity contribution in [1.29, 1.82) is 0 Å². The standard InChI is InChI=1S/C19H16ClF4N5O/c1-9-12(7-25-8-26-9)18(30)27-11-4-5-14(13(21)6-11)29-16(10-2-3-10)15(20)17(28-29)19(22,23)24/h4-8,10,18,27,30H,2-3H2,1H3. The number of nitrogens with zero attached hydrogens (tertiary/aromatic N) is 4. The maximum atomic E-state index is 14.8. The number of aromatic nitrogens is 4. The van der Waals surface area contributed by atoms with Gasteiger partial charge in [-0.15, -0.1) is 0 Å². The number of benzene rings is 1. The van der Waals surface area contributed by atoms with Crippen molar-refractivity contribution >= 4 is 17.3 Å². The monoisotopic (exact) mass is 441 g/mol. The van der Waals surface area contributed by atoms with Crippen LogP contribution in [0.2, 0.25) is 5.02 Å². The van der Waals surface area contributed by atoms with Gasteiger partial charge >= 0.3 is 6.18 Å². The molecule has 0 radical (unpaired) electrons. The molecule has 1 aliphatic rings. The van der Waals surface area contributed by atoms with Gasteiger partial charge in [0.25, 0.3) is 0 Å². The summed E-state index contributed by atoms with van der Waals surface area (Å²) >= 11 is 5.95. The number of nitrogens with one attached hydrogen (secondary N) is 1. The van der Waals surface area contributed by atoms with Crippen LogP contribution < -0.4 is 5.32 Å². The van der Waals surface area contributed by atoms with Gasteiger partial charge in [0, 0.05) is 29.1 Å². The Kier molecular flexibility index (Phi) is 5.15. The second-order valence-electron chi connectivity index (χ2n) is 7.01. The van der Waals surface area contributed by atoms with E-state index in [9.17, 15) is 22.7 Å². The Morgan fingerprint density at radius 3 is 2.63 bits per heavy atom. The van der Waals surface area contributed by atoms with E-state index >= 15 is 0 Å². The Balaban J connectivity index is 1.67. The minimum atomic E-state index is -4.75. The smallest absolute Gasteiger partial charge is 0.369 e. The Morgan fingerprint density at radius 2 is 2.03 bits per heavy atom. The Hall–Kier alpha value is -2.72. The highest BCUT2D eigenvalue weighted by Crippen LogP contribution is 2.47. The molecule has 158 valence electrons. The van der Waals surface area contributed by atoms with E-state index in [1.54, 1.807) is 6.92 Å². The third-order valence-corrected chi connectivity index (χ3v) is 5.19. The second kappa shape index (κ2) is 7.51. The minimum Gasteiger partial charge on any atom is -0.369 e. The van der Waals surface area contributed by atoms with Gasteiger partial charge in [-0.25, -0.2) is 19.0 Å². The van der Waals surface area contributed by atoms with Crippen LogP contribution in [-0.4, -0.2) is 24.9 Å². The van der Waals surface area contributed by atoms with E-state index in [2.05, 4.69) is 20.4 Å². The molecule has 3 aromatic rings. The molecule has 1 unspecified atom stereocenters. The van der Waals surface area contributed by atoms with Crippen LogP contribution in [0.4, 0.5) is 23.2 Å². The predicted molar refractivity (Wildman–Crippen MR) is 101 cm³/mol. The van der Waals surface area contributed by atoms with Gasteiger partial charge in [-0.3, -0.25) is 0 Å². The summed E-state index contributed by atoms with van der Waals surface area (Å²) in [7, 11) is 0. The lowest BCUT2D eigenvalue weighted by Crippen LogP contribution is -2.13. The molecule has 0 saturated heterocycles. The fraction of sp³-hybridized carbons (Fsp3) is 0.316. The summed E-state index contributed by atoms with van der Waals surface area (Å²) in [5, 5.41) is 16.1. The van der Waals surface area contributed by atoms with Gasteiger partial charge in [0.1, 0.15) is 12.0 Å². The maximum Gasteiger partial charge on any atom is 0.436 e. The molecular formula is C19H16ClF4N5O. The maximum absolute atomic E-state index is 14.8. The van der Waals surface area contributed by atoms with E-state index in [0.29, 0.717) is 24.1 Å². The van der Waals surface area contributed by atoms with Gasteiger partial charge in [-0.2, -0.15) is 18.3 Å². The highest BCUT2D eigenvalue weighted by Gasteiger charge is 2.42. The van der Waals surface area contributed by atoms with Crippen LogP contribution in [0.3, 0.4) is 0 Å². The lowest BCUT2D eigenvalue weighted by atomic mass is 10.2. The number of aryl methyl sites for hydroxylation is 1. The Morgan fingerprint density at radius 1 is 1.30 bits per heavy atom. The zero-order valence-electron chi connectivity index (χ0n) is 15.6. The van der Waals surface area contributed by atoms with Crippen LogP contribution >= 0.6 is 11.6 Å². The zero-order valence-corrected chi connectivity index (χ0v) is 16.3.